The molecule has 86 valence electrons. The lowest BCUT2D eigenvalue weighted by Crippen LogP contribution is -2.36. The summed E-state index contributed by atoms with van der Waals surface area (Å²) in [6.07, 6.45) is 6.19. The summed E-state index contributed by atoms with van der Waals surface area (Å²) < 4.78 is 3.02. The van der Waals surface area contributed by atoms with Crippen molar-refractivity contribution < 1.29 is 0 Å². The highest BCUT2D eigenvalue weighted by Gasteiger charge is 2.06. The molecule has 0 spiro atoms. The zero-order valence-corrected chi connectivity index (χ0v) is 11.3. The molecule has 1 heterocycles. The van der Waals surface area contributed by atoms with Crippen molar-refractivity contribution in [2.45, 2.75) is 45.7 Å². The second kappa shape index (κ2) is 5.66. The number of aryl methyl sites for hydroxylation is 1. The SMILES string of the molecule is CC(C)(C)NCCCCn1cc(Br)cn1. The van der Waals surface area contributed by atoms with E-state index in [0.29, 0.717) is 0 Å². The predicted octanol–water partition coefficient (Wildman–Crippen LogP) is 2.81. The van der Waals surface area contributed by atoms with E-state index in [0.717, 1.165) is 24.0 Å². The van der Waals surface area contributed by atoms with Crippen LogP contribution in [0.4, 0.5) is 0 Å². The summed E-state index contributed by atoms with van der Waals surface area (Å²) in [6.45, 7) is 8.65. The molecule has 0 bridgehead atoms. The standard InChI is InChI=1S/C11H20BrN3/c1-11(2,3)13-6-4-5-7-15-9-10(12)8-14-15/h8-9,13H,4-7H2,1-3H3. The van der Waals surface area contributed by atoms with Crippen molar-refractivity contribution in [3.63, 3.8) is 0 Å². The van der Waals surface area contributed by atoms with E-state index in [1.165, 1.54) is 6.42 Å². The molecule has 0 aliphatic rings. The molecule has 0 saturated carbocycles. The first-order chi connectivity index (χ1) is 6.97. The van der Waals surface area contributed by atoms with E-state index in [1.807, 2.05) is 17.1 Å². The van der Waals surface area contributed by atoms with Gasteiger partial charge >= 0.3 is 0 Å². The lowest BCUT2D eigenvalue weighted by Gasteiger charge is -2.20. The number of unbranched alkanes of at least 4 members (excludes halogenated alkanes) is 1. The monoisotopic (exact) mass is 273 g/mol. The molecule has 0 radical (unpaired) electrons. The van der Waals surface area contributed by atoms with Crippen LogP contribution in [0.15, 0.2) is 16.9 Å². The van der Waals surface area contributed by atoms with Gasteiger partial charge < -0.3 is 5.32 Å². The lowest BCUT2D eigenvalue weighted by atomic mass is 10.1. The minimum Gasteiger partial charge on any atom is -0.312 e. The molecule has 3 nitrogen and oxygen atoms in total. The van der Waals surface area contributed by atoms with Crippen LogP contribution in [0.3, 0.4) is 0 Å². The third-order valence-electron chi connectivity index (χ3n) is 2.07. The fourth-order valence-corrected chi connectivity index (χ4v) is 1.65. The maximum atomic E-state index is 4.21. The van der Waals surface area contributed by atoms with E-state index in [1.54, 1.807) is 0 Å². The van der Waals surface area contributed by atoms with Crippen LogP contribution in [0.25, 0.3) is 0 Å². The van der Waals surface area contributed by atoms with Gasteiger partial charge in [-0.25, -0.2) is 0 Å². The van der Waals surface area contributed by atoms with E-state index >= 15 is 0 Å². The van der Waals surface area contributed by atoms with Gasteiger partial charge in [0, 0.05) is 18.3 Å². The van der Waals surface area contributed by atoms with Gasteiger partial charge in [0.1, 0.15) is 0 Å². The molecule has 0 aliphatic carbocycles. The van der Waals surface area contributed by atoms with Crippen molar-refractivity contribution >= 4 is 15.9 Å². The number of halogens is 1. The molecule has 0 aromatic carbocycles. The van der Waals surface area contributed by atoms with Gasteiger partial charge in [-0.15, -0.1) is 0 Å². The van der Waals surface area contributed by atoms with Gasteiger partial charge in [-0.3, -0.25) is 4.68 Å². The molecule has 0 atom stereocenters. The van der Waals surface area contributed by atoms with E-state index in [9.17, 15) is 0 Å². The molecular weight excluding hydrogens is 254 g/mol. The molecule has 1 aromatic heterocycles. The largest absolute Gasteiger partial charge is 0.312 e. The van der Waals surface area contributed by atoms with E-state index in [4.69, 9.17) is 0 Å². The lowest BCUT2D eigenvalue weighted by molar-refractivity contribution is 0.412. The quantitative estimate of drug-likeness (QED) is 0.837. The second-order valence-corrected chi connectivity index (χ2v) is 5.72. The molecular formula is C11H20BrN3. The third-order valence-corrected chi connectivity index (χ3v) is 2.48. The minimum absolute atomic E-state index is 0.231. The smallest absolute Gasteiger partial charge is 0.0632 e. The third kappa shape index (κ3) is 5.95. The van der Waals surface area contributed by atoms with Gasteiger partial charge in [0.2, 0.25) is 0 Å². The maximum Gasteiger partial charge on any atom is 0.0632 e. The molecule has 1 aromatic rings. The molecule has 0 amide bonds. The van der Waals surface area contributed by atoms with Crippen molar-refractivity contribution in [3.05, 3.63) is 16.9 Å². The van der Waals surface area contributed by atoms with Crippen LogP contribution >= 0.6 is 15.9 Å². The van der Waals surface area contributed by atoms with Gasteiger partial charge in [-0.05, 0) is 56.1 Å². The van der Waals surface area contributed by atoms with Gasteiger partial charge in [-0.1, -0.05) is 0 Å². The van der Waals surface area contributed by atoms with Crippen LogP contribution in [0.5, 0.6) is 0 Å². The fourth-order valence-electron chi connectivity index (χ4n) is 1.32. The van der Waals surface area contributed by atoms with E-state index in [-0.39, 0.29) is 5.54 Å². The van der Waals surface area contributed by atoms with E-state index < -0.39 is 0 Å². The van der Waals surface area contributed by atoms with Crippen LogP contribution in [0.1, 0.15) is 33.6 Å². The molecule has 0 unspecified atom stereocenters. The summed E-state index contributed by atoms with van der Waals surface area (Å²) >= 11 is 3.39. The zero-order valence-electron chi connectivity index (χ0n) is 9.76. The van der Waals surface area contributed by atoms with Gasteiger partial charge in [0.25, 0.3) is 0 Å². The second-order valence-electron chi connectivity index (χ2n) is 4.81. The molecule has 1 rings (SSSR count). The van der Waals surface area contributed by atoms with Gasteiger partial charge in [-0.2, -0.15) is 5.10 Å². The van der Waals surface area contributed by atoms with Crippen molar-refractivity contribution in [2.24, 2.45) is 0 Å². The van der Waals surface area contributed by atoms with Crippen LogP contribution in [-0.2, 0) is 6.54 Å². The Morgan fingerprint density at radius 3 is 2.67 bits per heavy atom. The molecule has 4 heteroatoms. The Kier molecular flexibility index (Phi) is 4.80. The number of hydrogen-bond acceptors (Lipinski definition) is 2. The van der Waals surface area contributed by atoms with Crippen LogP contribution < -0.4 is 5.32 Å². The summed E-state index contributed by atoms with van der Waals surface area (Å²) in [5, 5.41) is 7.69. The van der Waals surface area contributed by atoms with Gasteiger partial charge in [0.05, 0.1) is 10.7 Å². The number of aromatic nitrogens is 2. The average molecular weight is 274 g/mol. The summed E-state index contributed by atoms with van der Waals surface area (Å²) in [6, 6.07) is 0. The minimum atomic E-state index is 0.231. The number of hydrogen-bond donors (Lipinski definition) is 1. The Morgan fingerprint density at radius 1 is 1.40 bits per heavy atom. The first-order valence-corrected chi connectivity index (χ1v) is 6.20. The number of nitrogens with zero attached hydrogens (tertiary/aromatic N) is 2. The number of nitrogens with one attached hydrogen (secondary N) is 1. The summed E-state index contributed by atoms with van der Waals surface area (Å²) in [5.74, 6) is 0. The van der Waals surface area contributed by atoms with Crippen molar-refractivity contribution in [1.29, 1.82) is 0 Å². The van der Waals surface area contributed by atoms with Gasteiger partial charge in [0.15, 0.2) is 0 Å². The Morgan fingerprint density at radius 2 is 2.13 bits per heavy atom. The first-order valence-electron chi connectivity index (χ1n) is 5.40. The molecule has 1 N–H and O–H groups in total. The maximum absolute atomic E-state index is 4.21. The first kappa shape index (κ1) is 12.7. The average Bonchev–Trinajstić information content (AvgIpc) is 2.49. The van der Waals surface area contributed by atoms with Crippen molar-refractivity contribution in [3.8, 4) is 0 Å². The van der Waals surface area contributed by atoms with Crippen molar-refractivity contribution in [1.82, 2.24) is 15.1 Å². The Balaban J connectivity index is 2.07. The highest BCUT2D eigenvalue weighted by atomic mass is 79.9. The Bertz CT molecular complexity index is 288. The number of rotatable bonds is 5. The summed E-state index contributed by atoms with van der Waals surface area (Å²) in [5.41, 5.74) is 0.231. The molecule has 15 heavy (non-hydrogen) atoms. The summed E-state index contributed by atoms with van der Waals surface area (Å²) in [4.78, 5) is 0. The normalized spacial score (nSPS) is 12.0. The molecule has 0 saturated heterocycles. The Hall–Kier alpha value is -0.350. The van der Waals surface area contributed by atoms with Crippen LogP contribution in [0.2, 0.25) is 0 Å². The highest BCUT2D eigenvalue weighted by molar-refractivity contribution is 9.10. The highest BCUT2D eigenvalue weighted by Crippen LogP contribution is 2.07. The summed E-state index contributed by atoms with van der Waals surface area (Å²) in [7, 11) is 0. The zero-order chi connectivity index (χ0) is 11.3. The van der Waals surface area contributed by atoms with Crippen LogP contribution in [-0.4, -0.2) is 21.9 Å². The molecule has 0 aliphatic heterocycles. The van der Waals surface area contributed by atoms with Crippen LogP contribution in [0, 0.1) is 0 Å². The van der Waals surface area contributed by atoms with Crippen molar-refractivity contribution in [2.75, 3.05) is 6.54 Å². The predicted molar refractivity (Wildman–Crippen MR) is 66.9 cm³/mol. The van der Waals surface area contributed by atoms with E-state index in [2.05, 4.69) is 47.1 Å². The fraction of sp³-hybridized carbons (Fsp3) is 0.727. The topological polar surface area (TPSA) is 29.9 Å². The Labute approximate surface area is 100 Å². The molecule has 0 fully saturated rings.